The molecule has 0 atom stereocenters. The van der Waals surface area contributed by atoms with Crippen molar-refractivity contribution in [2.24, 2.45) is 5.92 Å². The van der Waals surface area contributed by atoms with Crippen molar-refractivity contribution in [3.63, 3.8) is 0 Å². The lowest BCUT2D eigenvalue weighted by Crippen LogP contribution is -2.38. The van der Waals surface area contributed by atoms with Crippen LogP contribution < -0.4 is 5.32 Å². The Bertz CT molecular complexity index is 660. The number of aromatic nitrogens is 3. The lowest BCUT2D eigenvalue weighted by Gasteiger charge is -2.26. The first-order valence-corrected chi connectivity index (χ1v) is 10.4. The van der Waals surface area contributed by atoms with Crippen LogP contribution in [0.3, 0.4) is 0 Å². The molecule has 2 heterocycles. The van der Waals surface area contributed by atoms with Crippen LogP contribution in [0.2, 0.25) is 0 Å². The standard InChI is InChI=1S/C17H24N4OS2/c1-3-21-16(14-5-4-10-23-14)19-20-17(21)24-11-15(22)18-13-8-6-12(2)7-9-13/h4-5,10,12-13H,3,6-9,11H2,1-2H3,(H,18,22). The molecule has 2 aromatic rings. The summed E-state index contributed by atoms with van der Waals surface area (Å²) < 4.78 is 2.08. The lowest BCUT2D eigenvalue weighted by atomic mass is 9.87. The molecule has 7 heteroatoms. The molecule has 5 nitrogen and oxygen atoms in total. The Morgan fingerprint density at radius 3 is 2.83 bits per heavy atom. The highest BCUT2D eigenvalue weighted by molar-refractivity contribution is 7.99. The molecule has 1 aliphatic rings. The number of thioether (sulfide) groups is 1. The van der Waals surface area contributed by atoms with Gasteiger partial charge in [-0.1, -0.05) is 24.8 Å². The van der Waals surface area contributed by atoms with E-state index in [1.165, 1.54) is 24.6 Å². The predicted octanol–water partition coefficient (Wildman–Crippen LogP) is 3.81. The molecule has 0 spiro atoms. The molecule has 0 bridgehead atoms. The summed E-state index contributed by atoms with van der Waals surface area (Å²) in [4.78, 5) is 13.3. The van der Waals surface area contributed by atoms with Crippen LogP contribution in [-0.2, 0) is 11.3 Å². The van der Waals surface area contributed by atoms with Crippen LogP contribution in [0.15, 0.2) is 22.7 Å². The van der Waals surface area contributed by atoms with Gasteiger partial charge in [-0.05, 0) is 50.0 Å². The highest BCUT2D eigenvalue weighted by atomic mass is 32.2. The van der Waals surface area contributed by atoms with Crippen molar-refractivity contribution < 1.29 is 4.79 Å². The van der Waals surface area contributed by atoms with Crippen molar-refractivity contribution in [3.05, 3.63) is 17.5 Å². The van der Waals surface area contributed by atoms with Gasteiger partial charge >= 0.3 is 0 Å². The number of nitrogens with zero attached hydrogens (tertiary/aromatic N) is 3. The summed E-state index contributed by atoms with van der Waals surface area (Å²) in [6, 6.07) is 4.41. The van der Waals surface area contributed by atoms with Crippen LogP contribution in [0.4, 0.5) is 0 Å². The van der Waals surface area contributed by atoms with Crippen molar-refractivity contribution in [2.75, 3.05) is 5.75 Å². The molecule has 1 aliphatic carbocycles. The maximum absolute atomic E-state index is 12.2. The quantitative estimate of drug-likeness (QED) is 0.792. The number of carbonyl (C=O) groups excluding carboxylic acids is 1. The normalized spacial score (nSPS) is 20.9. The second kappa shape index (κ2) is 8.16. The van der Waals surface area contributed by atoms with Gasteiger partial charge in [-0.15, -0.1) is 21.5 Å². The molecule has 2 aromatic heterocycles. The number of nitrogens with one attached hydrogen (secondary N) is 1. The maximum atomic E-state index is 12.2. The summed E-state index contributed by atoms with van der Waals surface area (Å²) in [6.45, 7) is 5.16. The van der Waals surface area contributed by atoms with Gasteiger partial charge in [0.25, 0.3) is 0 Å². The van der Waals surface area contributed by atoms with Crippen LogP contribution in [-0.4, -0.2) is 32.5 Å². The van der Waals surface area contributed by atoms with E-state index >= 15 is 0 Å². The maximum Gasteiger partial charge on any atom is 0.230 e. The summed E-state index contributed by atoms with van der Waals surface area (Å²) >= 11 is 3.12. The van der Waals surface area contributed by atoms with Crippen molar-refractivity contribution in [3.8, 4) is 10.7 Å². The Balaban J connectivity index is 1.55. The topological polar surface area (TPSA) is 59.8 Å². The third-order valence-electron chi connectivity index (χ3n) is 4.49. The summed E-state index contributed by atoms with van der Waals surface area (Å²) in [5.41, 5.74) is 0. The Hall–Kier alpha value is -1.34. The van der Waals surface area contributed by atoms with Crippen molar-refractivity contribution in [2.45, 2.75) is 57.3 Å². The highest BCUT2D eigenvalue weighted by Crippen LogP contribution is 2.27. The fraction of sp³-hybridized carbons (Fsp3) is 0.588. The van der Waals surface area contributed by atoms with E-state index in [0.717, 1.165) is 41.2 Å². The molecule has 1 amide bonds. The minimum atomic E-state index is 0.0999. The fourth-order valence-corrected chi connectivity index (χ4v) is 4.60. The first-order valence-electron chi connectivity index (χ1n) is 8.56. The van der Waals surface area contributed by atoms with Crippen LogP contribution in [0.5, 0.6) is 0 Å². The van der Waals surface area contributed by atoms with Gasteiger partial charge in [0.15, 0.2) is 11.0 Å². The van der Waals surface area contributed by atoms with E-state index in [2.05, 4.69) is 33.9 Å². The fourth-order valence-electron chi connectivity index (χ4n) is 3.07. The zero-order valence-electron chi connectivity index (χ0n) is 14.2. The Morgan fingerprint density at radius 2 is 2.17 bits per heavy atom. The van der Waals surface area contributed by atoms with E-state index in [4.69, 9.17) is 0 Å². The average molecular weight is 365 g/mol. The first kappa shape index (κ1) is 17.5. The molecule has 0 aliphatic heterocycles. The first-order chi connectivity index (χ1) is 11.7. The molecular weight excluding hydrogens is 340 g/mol. The number of amides is 1. The van der Waals surface area contributed by atoms with Gasteiger partial charge in [-0.3, -0.25) is 4.79 Å². The highest BCUT2D eigenvalue weighted by Gasteiger charge is 2.20. The smallest absolute Gasteiger partial charge is 0.230 e. The number of hydrogen-bond donors (Lipinski definition) is 1. The van der Waals surface area contributed by atoms with Gasteiger partial charge in [0.05, 0.1) is 10.6 Å². The van der Waals surface area contributed by atoms with Gasteiger partial charge in [0.2, 0.25) is 5.91 Å². The van der Waals surface area contributed by atoms with Crippen molar-refractivity contribution in [1.29, 1.82) is 0 Å². The molecule has 24 heavy (non-hydrogen) atoms. The van der Waals surface area contributed by atoms with E-state index in [9.17, 15) is 4.79 Å². The molecule has 1 N–H and O–H groups in total. The van der Waals surface area contributed by atoms with E-state index in [0.29, 0.717) is 11.8 Å². The van der Waals surface area contributed by atoms with E-state index in [1.807, 2.05) is 17.5 Å². The Morgan fingerprint density at radius 1 is 1.38 bits per heavy atom. The van der Waals surface area contributed by atoms with Gasteiger partial charge in [-0.25, -0.2) is 0 Å². The molecular formula is C17H24N4OS2. The van der Waals surface area contributed by atoms with Crippen molar-refractivity contribution >= 4 is 29.0 Å². The van der Waals surface area contributed by atoms with Gasteiger partial charge in [0, 0.05) is 12.6 Å². The van der Waals surface area contributed by atoms with E-state index in [1.54, 1.807) is 11.3 Å². The molecule has 0 aromatic carbocycles. The predicted molar refractivity (Wildman–Crippen MR) is 99.3 cm³/mol. The molecule has 1 fully saturated rings. The summed E-state index contributed by atoms with van der Waals surface area (Å²) in [6.07, 6.45) is 4.63. The van der Waals surface area contributed by atoms with Crippen molar-refractivity contribution in [1.82, 2.24) is 20.1 Å². The molecule has 0 unspecified atom stereocenters. The number of hydrogen-bond acceptors (Lipinski definition) is 5. The third kappa shape index (κ3) is 4.19. The zero-order valence-corrected chi connectivity index (χ0v) is 15.8. The summed E-state index contributed by atoms with van der Waals surface area (Å²) in [7, 11) is 0. The van der Waals surface area contributed by atoms with Crippen LogP contribution in [0, 0.1) is 5.92 Å². The molecule has 3 rings (SSSR count). The Kier molecular flexibility index (Phi) is 5.94. The summed E-state index contributed by atoms with van der Waals surface area (Å²) in [5.74, 6) is 2.18. The lowest BCUT2D eigenvalue weighted by molar-refractivity contribution is -0.119. The van der Waals surface area contributed by atoms with E-state index in [-0.39, 0.29) is 5.91 Å². The van der Waals surface area contributed by atoms with Gasteiger partial charge in [-0.2, -0.15) is 0 Å². The number of carbonyl (C=O) groups is 1. The van der Waals surface area contributed by atoms with E-state index < -0.39 is 0 Å². The number of rotatable bonds is 6. The van der Waals surface area contributed by atoms with Crippen LogP contribution >= 0.6 is 23.1 Å². The molecule has 0 radical (unpaired) electrons. The molecule has 0 saturated heterocycles. The van der Waals surface area contributed by atoms with Gasteiger partial charge < -0.3 is 9.88 Å². The van der Waals surface area contributed by atoms with Gasteiger partial charge in [0.1, 0.15) is 0 Å². The number of thiophene rings is 1. The minimum absolute atomic E-state index is 0.0999. The largest absolute Gasteiger partial charge is 0.353 e. The summed E-state index contributed by atoms with van der Waals surface area (Å²) in [5, 5.41) is 14.6. The monoisotopic (exact) mass is 364 g/mol. The molecule has 1 saturated carbocycles. The second-order valence-electron chi connectivity index (χ2n) is 6.34. The van der Waals surface area contributed by atoms with Crippen LogP contribution in [0.1, 0.15) is 39.5 Å². The second-order valence-corrected chi connectivity index (χ2v) is 8.23. The Labute approximate surface area is 151 Å². The zero-order chi connectivity index (χ0) is 16.9. The third-order valence-corrected chi connectivity index (χ3v) is 6.32. The molecule has 130 valence electrons. The average Bonchev–Trinajstić information content (AvgIpc) is 3.23. The minimum Gasteiger partial charge on any atom is -0.353 e. The van der Waals surface area contributed by atoms with Crippen LogP contribution in [0.25, 0.3) is 10.7 Å². The SMILES string of the molecule is CCn1c(SCC(=O)NC2CCC(C)CC2)nnc1-c1cccs1.